The highest BCUT2D eigenvalue weighted by molar-refractivity contribution is 7.99. The summed E-state index contributed by atoms with van der Waals surface area (Å²) in [4.78, 5) is 20.5. The predicted molar refractivity (Wildman–Crippen MR) is 112 cm³/mol. The largest absolute Gasteiger partial charge is 0.346 e. The zero-order valence-corrected chi connectivity index (χ0v) is 17.3. The zero-order chi connectivity index (χ0) is 21.4. The molecule has 3 atom stereocenters. The smallest absolute Gasteiger partial charge is 0.272 e. The Labute approximate surface area is 182 Å². The van der Waals surface area contributed by atoms with Crippen molar-refractivity contribution in [1.82, 2.24) is 25.4 Å². The van der Waals surface area contributed by atoms with E-state index in [0.717, 1.165) is 28.3 Å². The molecule has 1 aliphatic carbocycles. The molecule has 31 heavy (non-hydrogen) atoms. The van der Waals surface area contributed by atoms with Gasteiger partial charge in [-0.15, -0.1) is 0 Å². The molecule has 3 aromatic rings. The molecule has 0 bridgehead atoms. The molecule has 1 amide bonds. The van der Waals surface area contributed by atoms with Crippen LogP contribution in [0.3, 0.4) is 0 Å². The van der Waals surface area contributed by atoms with Gasteiger partial charge in [0.1, 0.15) is 5.82 Å². The summed E-state index contributed by atoms with van der Waals surface area (Å²) in [5.74, 6) is 0.408. The van der Waals surface area contributed by atoms with E-state index < -0.39 is 0 Å². The van der Waals surface area contributed by atoms with Crippen LogP contribution in [-0.2, 0) is 0 Å². The highest BCUT2D eigenvalue weighted by atomic mass is 32.2. The summed E-state index contributed by atoms with van der Waals surface area (Å²) in [6, 6.07) is 9.82. The summed E-state index contributed by atoms with van der Waals surface area (Å²) in [5, 5.41) is 19.4. The number of amides is 1. The first-order chi connectivity index (χ1) is 15.1. The van der Waals surface area contributed by atoms with Crippen LogP contribution in [-0.4, -0.2) is 45.1 Å². The molecule has 9 heteroatoms. The summed E-state index contributed by atoms with van der Waals surface area (Å²) >= 11 is 1.48. The van der Waals surface area contributed by atoms with Crippen LogP contribution in [0.5, 0.6) is 0 Å². The minimum Gasteiger partial charge on any atom is -0.346 e. The Hall–Kier alpha value is -3.38. The summed E-state index contributed by atoms with van der Waals surface area (Å²) in [6.07, 6.45) is 6.64. The average Bonchev–Trinajstić information content (AvgIpc) is 3.41. The molecule has 156 valence electrons. The Kier molecular flexibility index (Phi) is 5.08. The van der Waals surface area contributed by atoms with E-state index in [-0.39, 0.29) is 17.8 Å². The topological polar surface area (TPSA) is 97.7 Å². The fourth-order valence-electron chi connectivity index (χ4n) is 4.06. The number of aromatic nitrogens is 3. The van der Waals surface area contributed by atoms with Crippen molar-refractivity contribution in [1.29, 1.82) is 5.26 Å². The number of rotatable bonds is 5. The van der Waals surface area contributed by atoms with Crippen LogP contribution in [0.4, 0.5) is 4.39 Å². The molecule has 1 aliphatic heterocycles. The van der Waals surface area contributed by atoms with Crippen LogP contribution in [0.15, 0.2) is 58.6 Å². The standard InChI is InChI=1S/C22H19FN6OS/c23-14-1-3-15(4-2-14)31-21-5-6-25-9-17(21)18-8-19(28-27-18)22(30)26-20-11-29(12-24)10-13-7-16(13)20/h1-6,8-9,13,16,20H,7,10-11H2,(H,26,30)(H,27,28)/t13?,16?,20-/m0/s1. The van der Waals surface area contributed by atoms with Crippen molar-refractivity contribution in [2.24, 2.45) is 11.8 Å². The summed E-state index contributed by atoms with van der Waals surface area (Å²) in [5.41, 5.74) is 1.77. The molecule has 2 fully saturated rings. The van der Waals surface area contributed by atoms with Crippen LogP contribution in [0, 0.1) is 29.1 Å². The predicted octanol–water partition coefficient (Wildman–Crippen LogP) is 3.29. The number of carbonyl (C=O) groups is 1. The zero-order valence-electron chi connectivity index (χ0n) is 16.5. The van der Waals surface area contributed by atoms with Gasteiger partial charge in [-0.1, -0.05) is 11.8 Å². The van der Waals surface area contributed by atoms with Crippen LogP contribution >= 0.6 is 11.8 Å². The van der Waals surface area contributed by atoms with Crippen molar-refractivity contribution in [3.05, 3.63) is 60.3 Å². The first-order valence-corrected chi connectivity index (χ1v) is 10.8. The molecule has 2 aromatic heterocycles. The maximum absolute atomic E-state index is 13.2. The Morgan fingerprint density at radius 3 is 2.94 bits per heavy atom. The van der Waals surface area contributed by atoms with Crippen molar-refractivity contribution < 1.29 is 9.18 Å². The van der Waals surface area contributed by atoms with Crippen LogP contribution < -0.4 is 5.32 Å². The van der Waals surface area contributed by atoms with Crippen molar-refractivity contribution >= 4 is 17.7 Å². The maximum Gasteiger partial charge on any atom is 0.272 e. The third kappa shape index (κ3) is 4.11. The number of piperidine rings is 1. The Morgan fingerprint density at radius 2 is 2.13 bits per heavy atom. The van der Waals surface area contributed by atoms with Gasteiger partial charge in [0.2, 0.25) is 0 Å². The number of benzene rings is 1. The lowest BCUT2D eigenvalue weighted by Gasteiger charge is -2.28. The first kappa shape index (κ1) is 19.6. The van der Waals surface area contributed by atoms with Gasteiger partial charge in [0.05, 0.1) is 11.7 Å². The fraction of sp³-hybridized carbons (Fsp3) is 0.273. The van der Waals surface area contributed by atoms with Crippen molar-refractivity contribution in [3.63, 3.8) is 0 Å². The average molecular weight is 435 g/mol. The Balaban J connectivity index is 1.32. The summed E-state index contributed by atoms with van der Waals surface area (Å²) in [7, 11) is 0. The molecule has 5 rings (SSSR count). The maximum atomic E-state index is 13.2. The van der Waals surface area contributed by atoms with E-state index in [4.69, 9.17) is 0 Å². The lowest BCUT2D eigenvalue weighted by molar-refractivity contribution is 0.0908. The minimum atomic E-state index is -0.281. The molecular formula is C22H19FN6OS. The van der Waals surface area contributed by atoms with Crippen LogP contribution in [0.1, 0.15) is 16.9 Å². The lowest BCUT2D eigenvalue weighted by Crippen LogP contribution is -2.48. The van der Waals surface area contributed by atoms with E-state index in [2.05, 4.69) is 26.7 Å². The lowest BCUT2D eigenvalue weighted by atomic mass is 10.1. The highest BCUT2D eigenvalue weighted by Gasteiger charge is 2.48. The van der Waals surface area contributed by atoms with Gasteiger partial charge in [-0.2, -0.15) is 10.4 Å². The summed E-state index contributed by atoms with van der Waals surface area (Å²) in [6.45, 7) is 1.33. The molecule has 1 aromatic carbocycles. The second kappa shape index (κ2) is 8.04. The number of hydrogen-bond donors (Lipinski definition) is 2. The summed E-state index contributed by atoms with van der Waals surface area (Å²) < 4.78 is 13.2. The molecule has 0 radical (unpaired) electrons. The molecule has 1 saturated carbocycles. The molecule has 2 unspecified atom stereocenters. The molecular weight excluding hydrogens is 415 g/mol. The van der Waals surface area contributed by atoms with Gasteiger partial charge in [-0.25, -0.2) is 4.39 Å². The molecule has 3 heterocycles. The number of H-pyrrole nitrogens is 1. The molecule has 1 saturated heterocycles. The van der Waals surface area contributed by atoms with Gasteiger partial charge in [0, 0.05) is 40.8 Å². The number of pyridine rings is 1. The van der Waals surface area contributed by atoms with Gasteiger partial charge < -0.3 is 10.2 Å². The number of nitrogens with one attached hydrogen (secondary N) is 2. The second-order valence-electron chi connectivity index (χ2n) is 7.84. The van der Waals surface area contributed by atoms with E-state index in [1.807, 2.05) is 6.07 Å². The van der Waals surface area contributed by atoms with Crippen LogP contribution in [0.25, 0.3) is 11.3 Å². The van der Waals surface area contributed by atoms with Gasteiger partial charge in [0.15, 0.2) is 11.9 Å². The Bertz CT molecular complexity index is 1160. The SMILES string of the molecule is N#CN1CC2CC2[C@@H](NC(=O)c2cc(-c3cnccc3Sc3ccc(F)cc3)[nH]n2)C1. The number of carbonyl (C=O) groups excluding carboxylic acids is 1. The Morgan fingerprint density at radius 1 is 1.29 bits per heavy atom. The number of fused-ring (bicyclic) bond motifs is 1. The number of hydrogen-bond acceptors (Lipinski definition) is 6. The van der Waals surface area contributed by atoms with E-state index in [9.17, 15) is 14.4 Å². The van der Waals surface area contributed by atoms with Crippen molar-refractivity contribution in [2.45, 2.75) is 22.3 Å². The van der Waals surface area contributed by atoms with E-state index in [1.54, 1.807) is 35.5 Å². The number of likely N-dealkylation sites (tertiary alicyclic amines) is 1. The monoisotopic (exact) mass is 434 g/mol. The number of nitrogens with zero attached hydrogens (tertiary/aromatic N) is 4. The third-order valence-electron chi connectivity index (χ3n) is 5.75. The molecule has 2 N–H and O–H groups in total. The number of nitriles is 1. The first-order valence-electron chi connectivity index (χ1n) is 9.99. The van der Waals surface area contributed by atoms with E-state index in [1.165, 1.54) is 23.9 Å². The van der Waals surface area contributed by atoms with Gasteiger partial charge >= 0.3 is 0 Å². The van der Waals surface area contributed by atoms with E-state index in [0.29, 0.717) is 29.8 Å². The third-order valence-corrected chi connectivity index (χ3v) is 6.83. The number of aromatic amines is 1. The van der Waals surface area contributed by atoms with Gasteiger partial charge in [-0.3, -0.25) is 14.9 Å². The molecule has 0 spiro atoms. The van der Waals surface area contributed by atoms with Gasteiger partial charge in [-0.05, 0) is 54.7 Å². The van der Waals surface area contributed by atoms with Crippen molar-refractivity contribution in [3.8, 4) is 17.5 Å². The quantitative estimate of drug-likeness (QED) is 0.598. The van der Waals surface area contributed by atoms with Crippen molar-refractivity contribution in [2.75, 3.05) is 13.1 Å². The van der Waals surface area contributed by atoms with Crippen LogP contribution in [0.2, 0.25) is 0 Å². The molecule has 2 aliphatic rings. The van der Waals surface area contributed by atoms with Gasteiger partial charge in [0.25, 0.3) is 5.91 Å². The number of halogens is 1. The van der Waals surface area contributed by atoms with E-state index >= 15 is 0 Å². The highest BCUT2D eigenvalue weighted by Crippen LogP contribution is 2.45. The fourth-order valence-corrected chi connectivity index (χ4v) is 4.99. The second-order valence-corrected chi connectivity index (χ2v) is 8.95. The molecule has 7 nitrogen and oxygen atoms in total. The normalized spacial score (nSPS) is 21.8. The minimum absolute atomic E-state index is 0.0333.